The Morgan fingerprint density at radius 2 is 2.60 bits per heavy atom. The molecule has 0 amide bonds. The lowest BCUT2D eigenvalue weighted by molar-refractivity contribution is 0.521. The smallest absolute Gasteiger partial charge is 0.192 e. The van der Waals surface area contributed by atoms with Crippen molar-refractivity contribution in [3.8, 4) is 11.8 Å². The molecule has 1 aromatic heterocycles. The van der Waals surface area contributed by atoms with Gasteiger partial charge in [-0.15, -0.1) is 0 Å². The maximum Gasteiger partial charge on any atom is 0.192 e. The van der Waals surface area contributed by atoms with E-state index in [1.165, 1.54) is 6.26 Å². The zero-order valence-electron chi connectivity index (χ0n) is 5.52. The summed E-state index contributed by atoms with van der Waals surface area (Å²) in [5, 5.41) is 0. The fraction of sp³-hybridized carbons (Fsp3) is 0.286. The molecule has 1 heterocycles. The largest absolute Gasteiger partial charge is 0.448 e. The van der Waals surface area contributed by atoms with Crippen LogP contribution in [0.1, 0.15) is 11.6 Å². The van der Waals surface area contributed by atoms with Crippen LogP contribution in [0.4, 0.5) is 4.39 Å². The molecule has 0 unspecified atom stereocenters. The second-order valence-electron chi connectivity index (χ2n) is 1.69. The van der Waals surface area contributed by atoms with Crippen LogP contribution in [-0.4, -0.2) is 11.7 Å². The lowest BCUT2D eigenvalue weighted by Gasteiger charge is -1.71. The molecule has 0 aromatic carbocycles. The van der Waals surface area contributed by atoms with E-state index in [4.69, 9.17) is 4.42 Å². The van der Waals surface area contributed by atoms with E-state index in [0.717, 1.165) is 0 Å². The molecule has 0 aliphatic heterocycles. The monoisotopic (exact) mass is 139 g/mol. The maximum absolute atomic E-state index is 11.5. The molecule has 0 aliphatic carbocycles. The first kappa shape index (κ1) is 6.81. The fourth-order valence-corrected chi connectivity index (χ4v) is 0.545. The van der Waals surface area contributed by atoms with Gasteiger partial charge in [0.25, 0.3) is 0 Å². The van der Waals surface area contributed by atoms with Gasteiger partial charge in [-0.25, -0.2) is 9.37 Å². The highest BCUT2D eigenvalue weighted by Gasteiger charge is 1.92. The minimum absolute atomic E-state index is 0.482. The molecule has 10 heavy (non-hydrogen) atoms. The van der Waals surface area contributed by atoms with Gasteiger partial charge in [0.15, 0.2) is 18.3 Å². The average Bonchev–Trinajstić information content (AvgIpc) is 2.31. The van der Waals surface area contributed by atoms with E-state index < -0.39 is 6.67 Å². The van der Waals surface area contributed by atoms with Crippen molar-refractivity contribution in [1.29, 1.82) is 0 Å². The van der Waals surface area contributed by atoms with Crippen LogP contribution in [0.3, 0.4) is 0 Å². The van der Waals surface area contributed by atoms with Crippen molar-refractivity contribution in [2.75, 3.05) is 6.67 Å². The van der Waals surface area contributed by atoms with Crippen LogP contribution in [0, 0.1) is 18.8 Å². The molecule has 0 N–H and O–H groups in total. The molecule has 0 atom stereocenters. The average molecular weight is 139 g/mol. The third-order valence-electron chi connectivity index (χ3n) is 0.902. The van der Waals surface area contributed by atoms with E-state index in [0.29, 0.717) is 11.6 Å². The van der Waals surface area contributed by atoms with Crippen LogP contribution in [-0.2, 0) is 0 Å². The van der Waals surface area contributed by atoms with Gasteiger partial charge in [0.2, 0.25) is 0 Å². The minimum Gasteiger partial charge on any atom is -0.448 e. The fourth-order valence-electron chi connectivity index (χ4n) is 0.545. The van der Waals surface area contributed by atoms with Crippen molar-refractivity contribution in [1.82, 2.24) is 4.98 Å². The highest BCUT2D eigenvalue weighted by molar-refractivity contribution is 5.24. The normalized spacial score (nSPS) is 8.60. The molecule has 0 saturated carbocycles. The van der Waals surface area contributed by atoms with Crippen LogP contribution >= 0.6 is 0 Å². The van der Waals surface area contributed by atoms with E-state index >= 15 is 0 Å². The molecule has 2 nitrogen and oxygen atoms in total. The van der Waals surface area contributed by atoms with Crippen LogP contribution in [0.2, 0.25) is 0 Å². The first-order valence-corrected chi connectivity index (χ1v) is 2.80. The summed E-state index contributed by atoms with van der Waals surface area (Å²) in [7, 11) is 0. The Labute approximate surface area is 58.1 Å². The van der Waals surface area contributed by atoms with E-state index in [1.54, 1.807) is 6.92 Å². The van der Waals surface area contributed by atoms with Gasteiger partial charge in [-0.2, -0.15) is 0 Å². The van der Waals surface area contributed by atoms with Crippen molar-refractivity contribution in [2.45, 2.75) is 6.92 Å². The van der Waals surface area contributed by atoms with Gasteiger partial charge in [0.05, 0.1) is 0 Å². The summed E-state index contributed by atoms with van der Waals surface area (Å²) in [6, 6.07) is 0. The number of nitrogens with zero attached hydrogens (tertiary/aromatic N) is 1. The van der Waals surface area contributed by atoms with E-state index in [2.05, 4.69) is 16.8 Å². The van der Waals surface area contributed by atoms with Crippen LogP contribution < -0.4 is 0 Å². The molecule has 0 spiro atoms. The molecule has 0 radical (unpaired) electrons. The summed E-state index contributed by atoms with van der Waals surface area (Å²) in [6.45, 7) is 1.06. The summed E-state index contributed by atoms with van der Waals surface area (Å²) in [6.07, 6.45) is 1.40. The number of hydrogen-bond donors (Lipinski definition) is 0. The Morgan fingerprint density at radius 3 is 3.10 bits per heavy atom. The maximum atomic E-state index is 11.5. The number of rotatable bonds is 0. The number of halogens is 1. The van der Waals surface area contributed by atoms with Crippen LogP contribution in [0.25, 0.3) is 0 Å². The van der Waals surface area contributed by atoms with Gasteiger partial charge >= 0.3 is 0 Å². The first-order chi connectivity index (χ1) is 4.83. The highest BCUT2D eigenvalue weighted by atomic mass is 19.1. The van der Waals surface area contributed by atoms with Gasteiger partial charge in [-0.05, 0) is 5.92 Å². The number of aryl methyl sites for hydroxylation is 1. The summed E-state index contributed by atoms with van der Waals surface area (Å²) in [4.78, 5) is 3.84. The topological polar surface area (TPSA) is 26.0 Å². The van der Waals surface area contributed by atoms with E-state index in [1.807, 2.05) is 0 Å². The van der Waals surface area contributed by atoms with Gasteiger partial charge < -0.3 is 4.42 Å². The molecule has 0 fully saturated rings. The number of hydrogen-bond acceptors (Lipinski definition) is 2. The Balaban J connectivity index is 2.76. The molecular formula is C7H6FNO. The zero-order chi connectivity index (χ0) is 7.40. The highest BCUT2D eigenvalue weighted by Crippen LogP contribution is 1.96. The Hall–Kier alpha value is -1.30. The third-order valence-corrected chi connectivity index (χ3v) is 0.902. The number of aromatic nitrogens is 1. The Morgan fingerprint density at radius 1 is 1.80 bits per heavy atom. The van der Waals surface area contributed by atoms with Crippen LogP contribution in [0.15, 0.2) is 10.7 Å². The molecule has 1 aromatic rings. The van der Waals surface area contributed by atoms with Crippen molar-refractivity contribution in [2.24, 2.45) is 0 Å². The lowest BCUT2D eigenvalue weighted by atomic mass is 10.5. The molecule has 0 saturated heterocycles. The van der Waals surface area contributed by atoms with E-state index in [-0.39, 0.29) is 0 Å². The summed E-state index contributed by atoms with van der Waals surface area (Å²) >= 11 is 0. The summed E-state index contributed by atoms with van der Waals surface area (Å²) in [5.41, 5.74) is 0.482. The lowest BCUT2D eigenvalue weighted by Crippen LogP contribution is -1.73. The molecule has 0 aliphatic rings. The minimum atomic E-state index is -0.647. The van der Waals surface area contributed by atoms with Gasteiger partial charge in [-0.3, -0.25) is 0 Å². The second-order valence-corrected chi connectivity index (χ2v) is 1.69. The van der Waals surface area contributed by atoms with Crippen molar-refractivity contribution >= 4 is 0 Å². The SMILES string of the molecule is Cc1nc(C#CCF)co1. The Kier molecular flexibility index (Phi) is 2.06. The molecule has 0 bridgehead atoms. The second kappa shape index (κ2) is 3.02. The predicted octanol–water partition coefficient (Wildman–Crippen LogP) is 1.30. The van der Waals surface area contributed by atoms with Crippen molar-refractivity contribution < 1.29 is 8.81 Å². The first-order valence-electron chi connectivity index (χ1n) is 2.80. The molecule has 52 valence electrons. The van der Waals surface area contributed by atoms with E-state index in [9.17, 15) is 4.39 Å². The standard InChI is InChI=1S/C7H6FNO/c1-6-9-7(5-10-6)3-2-4-8/h5H,4H2,1H3. The molecule has 3 heteroatoms. The summed E-state index contributed by atoms with van der Waals surface area (Å²) in [5.74, 6) is 5.27. The summed E-state index contributed by atoms with van der Waals surface area (Å²) < 4.78 is 16.3. The van der Waals surface area contributed by atoms with Crippen molar-refractivity contribution in [3.05, 3.63) is 17.8 Å². The van der Waals surface area contributed by atoms with Gasteiger partial charge in [-0.1, -0.05) is 5.92 Å². The third kappa shape index (κ3) is 1.59. The van der Waals surface area contributed by atoms with Gasteiger partial charge in [0.1, 0.15) is 6.26 Å². The quantitative estimate of drug-likeness (QED) is 0.506. The van der Waals surface area contributed by atoms with Gasteiger partial charge in [0, 0.05) is 6.92 Å². The molecular weight excluding hydrogens is 133 g/mol. The Bertz CT molecular complexity index is 269. The zero-order valence-corrected chi connectivity index (χ0v) is 5.52. The van der Waals surface area contributed by atoms with Crippen LogP contribution in [0.5, 0.6) is 0 Å². The van der Waals surface area contributed by atoms with Crippen molar-refractivity contribution in [3.63, 3.8) is 0 Å². The molecule has 1 rings (SSSR count). The number of oxazole rings is 1. The number of alkyl halides is 1. The predicted molar refractivity (Wildman–Crippen MR) is 34.1 cm³/mol.